The van der Waals surface area contributed by atoms with E-state index in [0.717, 1.165) is 85.8 Å². The number of amides is 1. The third-order valence-electron chi connectivity index (χ3n) is 9.40. The van der Waals surface area contributed by atoms with Gasteiger partial charge in [0.1, 0.15) is 17.1 Å². The predicted octanol–water partition coefficient (Wildman–Crippen LogP) is 3.78. The van der Waals surface area contributed by atoms with Crippen molar-refractivity contribution in [3.63, 3.8) is 0 Å². The monoisotopic (exact) mass is 621 g/mol. The van der Waals surface area contributed by atoms with Gasteiger partial charge in [-0.3, -0.25) is 9.69 Å². The number of carbonyl (C=O) groups excluding carboxylic acids is 1. The molecule has 7 rings (SSSR count). The fourth-order valence-corrected chi connectivity index (χ4v) is 7.68. The Morgan fingerprint density at radius 3 is 2.71 bits per heavy atom. The lowest BCUT2D eigenvalue weighted by molar-refractivity contribution is -0.122. The zero-order valence-electron chi connectivity index (χ0n) is 23.2. The molecule has 4 N–H and O–H groups in total. The molecule has 0 unspecified atom stereocenters. The van der Waals surface area contributed by atoms with Gasteiger partial charge in [0.25, 0.3) is 0 Å². The zero-order valence-corrected chi connectivity index (χ0v) is 24.8. The normalized spacial score (nSPS) is 26.6. The third-order valence-corrected chi connectivity index (χ3v) is 10.00. The van der Waals surface area contributed by atoms with Crippen LogP contribution in [0.1, 0.15) is 19.3 Å². The summed E-state index contributed by atoms with van der Waals surface area (Å²) in [6.07, 6.45) is 9.33. The highest BCUT2D eigenvalue weighted by molar-refractivity contribution is 9.10. The highest BCUT2D eigenvalue weighted by atomic mass is 79.9. The molecule has 4 atom stereocenters. The number of nitrogens with two attached hydrogens (primary N) is 1. The smallest absolute Gasteiger partial charge is 0.223 e. The minimum Gasteiger partial charge on any atom is -0.496 e. The Morgan fingerprint density at radius 2 is 1.95 bits per heavy atom. The van der Waals surface area contributed by atoms with E-state index in [1.54, 1.807) is 13.3 Å². The maximum atomic E-state index is 12.3. The molecule has 2 bridgehead atoms. The summed E-state index contributed by atoms with van der Waals surface area (Å²) in [5, 5.41) is 3.62. The molecule has 11 heteroatoms. The second-order valence-corrected chi connectivity index (χ2v) is 12.4. The highest BCUT2D eigenvalue weighted by Crippen LogP contribution is 2.46. The molecule has 41 heavy (non-hydrogen) atoms. The van der Waals surface area contributed by atoms with Gasteiger partial charge in [-0.15, -0.1) is 0 Å². The van der Waals surface area contributed by atoms with Crippen LogP contribution in [0.15, 0.2) is 41.0 Å². The number of ether oxygens (including phenoxy) is 2. The number of benzene rings is 1. The van der Waals surface area contributed by atoms with Crippen LogP contribution >= 0.6 is 15.9 Å². The highest BCUT2D eigenvalue weighted by Gasteiger charge is 2.47. The number of morpholine rings is 1. The van der Waals surface area contributed by atoms with Crippen LogP contribution < -0.4 is 20.7 Å². The average Bonchev–Trinajstić information content (AvgIpc) is 3.74. The van der Waals surface area contributed by atoms with E-state index in [4.69, 9.17) is 20.2 Å². The number of allylic oxidation sites excluding steroid dienone is 1. The first kappa shape index (κ1) is 26.7. The molecule has 3 aromatic rings. The Morgan fingerprint density at radius 1 is 1.17 bits per heavy atom. The number of rotatable bonds is 7. The molecule has 1 aromatic carbocycles. The average molecular weight is 623 g/mol. The molecule has 2 aromatic heterocycles. The summed E-state index contributed by atoms with van der Waals surface area (Å²) in [4.78, 5) is 30.3. The Balaban J connectivity index is 1.13. The number of imidazole rings is 1. The van der Waals surface area contributed by atoms with Gasteiger partial charge in [-0.1, -0.05) is 12.2 Å². The van der Waals surface area contributed by atoms with Crippen molar-refractivity contribution < 1.29 is 14.3 Å². The number of hydrogen-bond acceptors (Lipinski definition) is 8. The van der Waals surface area contributed by atoms with E-state index < -0.39 is 0 Å². The van der Waals surface area contributed by atoms with E-state index >= 15 is 0 Å². The molecule has 4 aliphatic rings. The van der Waals surface area contributed by atoms with Crippen LogP contribution in [0.25, 0.3) is 22.6 Å². The van der Waals surface area contributed by atoms with Gasteiger partial charge in [-0.05, 0) is 59.2 Å². The maximum Gasteiger partial charge on any atom is 0.223 e. The van der Waals surface area contributed by atoms with Crippen LogP contribution in [0.5, 0.6) is 5.75 Å². The van der Waals surface area contributed by atoms with Crippen LogP contribution in [0.3, 0.4) is 0 Å². The molecular formula is C30H36BrN7O3. The second kappa shape index (κ2) is 10.9. The number of nitrogens with zero attached hydrogens (tertiary/aromatic N) is 4. The number of anilines is 2. The number of piperidine rings is 1. The van der Waals surface area contributed by atoms with Crippen molar-refractivity contribution in [1.82, 2.24) is 19.9 Å². The number of primary amides is 1. The summed E-state index contributed by atoms with van der Waals surface area (Å²) in [6, 6.07) is 6.90. The maximum absolute atomic E-state index is 12.3. The third kappa shape index (κ3) is 4.87. The number of hydrogen-bond donors (Lipinski definition) is 3. The minimum atomic E-state index is -0.265. The van der Waals surface area contributed by atoms with Crippen molar-refractivity contribution >= 4 is 44.4 Å². The lowest BCUT2D eigenvalue weighted by Crippen LogP contribution is -2.49. The standard InChI is InChI=1S/C30H36BrN7O3/c1-40-23-15-20(37-8-6-19(7-9-37)38-10-12-41-13-11-38)4-5-21(23)29-35-27-26(22(31)16-33-30(27)36-29)34-25-18-3-2-17(14-18)24(25)28(32)39/h2-5,15-19,24-25H,6-14H2,1H3,(H2,32,39)(H2,33,34,35,36)/t17-,18+,24+,25-/m1/s1. The van der Waals surface area contributed by atoms with Crippen molar-refractivity contribution in [2.24, 2.45) is 23.5 Å². The topological polar surface area (TPSA) is 122 Å². The van der Waals surface area contributed by atoms with Gasteiger partial charge >= 0.3 is 0 Å². The number of fused-ring (bicyclic) bond motifs is 3. The number of pyridine rings is 1. The quantitative estimate of drug-likeness (QED) is 0.341. The van der Waals surface area contributed by atoms with Gasteiger partial charge in [-0.2, -0.15) is 0 Å². The molecule has 2 aliphatic heterocycles. The molecular weight excluding hydrogens is 586 g/mol. The van der Waals surface area contributed by atoms with E-state index in [1.165, 1.54) is 0 Å². The van der Waals surface area contributed by atoms with Gasteiger partial charge in [0.15, 0.2) is 5.65 Å². The van der Waals surface area contributed by atoms with E-state index in [1.807, 2.05) is 0 Å². The van der Waals surface area contributed by atoms with Crippen molar-refractivity contribution in [1.29, 1.82) is 0 Å². The predicted molar refractivity (Wildman–Crippen MR) is 162 cm³/mol. The first-order valence-corrected chi connectivity index (χ1v) is 15.3. The number of nitrogens with one attached hydrogen (secondary N) is 2. The van der Waals surface area contributed by atoms with Crippen molar-refractivity contribution in [2.75, 3.05) is 56.7 Å². The summed E-state index contributed by atoms with van der Waals surface area (Å²) < 4.78 is 12.2. The molecule has 2 aliphatic carbocycles. The van der Waals surface area contributed by atoms with Crippen LogP contribution in [-0.2, 0) is 9.53 Å². The molecule has 0 spiro atoms. The largest absolute Gasteiger partial charge is 0.496 e. The zero-order chi connectivity index (χ0) is 28.1. The number of halogens is 1. The number of carbonyl (C=O) groups is 1. The summed E-state index contributed by atoms with van der Waals surface area (Å²) in [6.45, 7) is 5.81. The Labute approximate surface area is 247 Å². The van der Waals surface area contributed by atoms with E-state index in [-0.39, 0.29) is 29.7 Å². The molecule has 2 saturated heterocycles. The van der Waals surface area contributed by atoms with E-state index in [9.17, 15) is 4.79 Å². The molecule has 4 heterocycles. The lowest BCUT2D eigenvalue weighted by atomic mass is 9.88. The SMILES string of the molecule is COc1cc(N2CCC(N3CCOCC3)CC2)ccc1-c1nc2c(N[C@H]3[C@@H](C(N)=O)[C@@H]4C=C[C@H]3C4)c(Br)cnc2[nH]1. The van der Waals surface area contributed by atoms with Gasteiger partial charge in [0.05, 0.1) is 42.0 Å². The Bertz CT molecular complexity index is 1480. The molecule has 1 saturated carbocycles. The number of H-pyrrole nitrogens is 1. The molecule has 10 nitrogen and oxygen atoms in total. The van der Waals surface area contributed by atoms with Crippen molar-refractivity contribution in [3.05, 3.63) is 41.0 Å². The van der Waals surface area contributed by atoms with Crippen LogP contribution in [0.4, 0.5) is 11.4 Å². The minimum absolute atomic E-state index is 0.0780. The van der Waals surface area contributed by atoms with Crippen LogP contribution in [0.2, 0.25) is 0 Å². The number of aromatic amines is 1. The first-order valence-electron chi connectivity index (χ1n) is 14.5. The molecule has 216 valence electrons. The van der Waals surface area contributed by atoms with Gasteiger partial charge in [-0.25, -0.2) is 9.97 Å². The van der Waals surface area contributed by atoms with Gasteiger partial charge in [0, 0.05) is 56.2 Å². The Hall–Kier alpha value is -3.15. The fraction of sp³-hybridized carbons (Fsp3) is 0.500. The van der Waals surface area contributed by atoms with E-state index in [0.29, 0.717) is 23.0 Å². The summed E-state index contributed by atoms with van der Waals surface area (Å²) in [5.41, 5.74) is 10.0. The summed E-state index contributed by atoms with van der Waals surface area (Å²) >= 11 is 3.66. The van der Waals surface area contributed by atoms with Crippen molar-refractivity contribution in [3.8, 4) is 17.1 Å². The molecule has 3 fully saturated rings. The summed E-state index contributed by atoms with van der Waals surface area (Å²) in [5.74, 6) is 1.38. The molecule has 0 radical (unpaired) electrons. The van der Waals surface area contributed by atoms with Crippen LogP contribution in [-0.4, -0.2) is 84.3 Å². The summed E-state index contributed by atoms with van der Waals surface area (Å²) in [7, 11) is 1.70. The lowest BCUT2D eigenvalue weighted by Gasteiger charge is -2.40. The van der Waals surface area contributed by atoms with Crippen LogP contribution in [0, 0.1) is 17.8 Å². The second-order valence-electron chi connectivity index (χ2n) is 11.6. The van der Waals surface area contributed by atoms with E-state index in [2.05, 4.69) is 71.4 Å². The van der Waals surface area contributed by atoms with Crippen molar-refractivity contribution in [2.45, 2.75) is 31.3 Å². The number of methoxy groups -OCH3 is 1. The van der Waals surface area contributed by atoms with Gasteiger partial charge in [0.2, 0.25) is 5.91 Å². The molecule has 1 amide bonds. The first-order chi connectivity index (χ1) is 20.0. The number of aromatic nitrogens is 3. The Kier molecular flexibility index (Phi) is 7.12. The van der Waals surface area contributed by atoms with Gasteiger partial charge < -0.3 is 30.4 Å². The fourth-order valence-electron chi connectivity index (χ4n) is 7.27.